The molecule has 0 saturated heterocycles. The van der Waals surface area contributed by atoms with E-state index in [1.165, 1.54) is 18.4 Å². The number of thiophene rings is 1. The fraction of sp³-hybridized carbons (Fsp3) is 0.500. The summed E-state index contributed by atoms with van der Waals surface area (Å²) in [7, 11) is 0. The van der Waals surface area contributed by atoms with Crippen LogP contribution in [0.4, 0.5) is 5.82 Å². The molecule has 5 heteroatoms. The van der Waals surface area contributed by atoms with Crippen LogP contribution < -0.4 is 11.1 Å². The number of anilines is 1. The molecule has 1 saturated carbocycles. The molecule has 0 amide bonds. The average Bonchev–Trinajstić information content (AvgIpc) is 3.12. The zero-order chi connectivity index (χ0) is 11.8. The summed E-state index contributed by atoms with van der Waals surface area (Å²) in [5, 5.41) is 5.47. The molecule has 0 bridgehead atoms. The Hall–Kier alpha value is -1.20. The molecular weight excluding hydrogens is 232 g/mol. The fourth-order valence-corrected chi connectivity index (χ4v) is 2.97. The highest BCUT2D eigenvalue weighted by Gasteiger charge is 2.28. The number of hydrogen-bond acceptors (Lipinski definition) is 5. The van der Waals surface area contributed by atoms with Gasteiger partial charge in [-0.1, -0.05) is 0 Å². The van der Waals surface area contributed by atoms with Gasteiger partial charge >= 0.3 is 0 Å². The maximum Gasteiger partial charge on any atom is 0.147 e. The summed E-state index contributed by atoms with van der Waals surface area (Å²) in [5.41, 5.74) is 8.33. The van der Waals surface area contributed by atoms with Gasteiger partial charge in [-0.3, -0.25) is 0 Å². The quantitative estimate of drug-likeness (QED) is 0.870. The second kappa shape index (κ2) is 4.23. The lowest BCUT2D eigenvalue weighted by Crippen LogP contribution is -2.31. The van der Waals surface area contributed by atoms with Crippen molar-refractivity contribution in [2.75, 3.05) is 11.9 Å². The molecule has 17 heavy (non-hydrogen) atoms. The van der Waals surface area contributed by atoms with Gasteiger partial charge in [-0.25, -0.2) is 9.97 Å². The summed E-state index contributed by atoms with van der Waals surface area (Å²) < 4.78 is 1.13. The molecule has 1 atom stereocenters. The van der Waals surface area contributed by atoms with E-state index in [-0.39, 0.29) is 6.04 Å². The summed E-state index contributed by atoms with van der Waals surface area (Å²) >= 11 is 1.69. The van der Waals surface area contributed by atoms with E-state index >= 15 is 0 Å². The lowest BCUT2D eigenvalue weighted by atomic mass is 10.2. The van der Waals surface area contributed by atoms with Crippen LogP contribution in [-0.4, -0.2) is 22.6 Å². The molecule has 0 radical (unpaired) electrons. The Balaban J connectivity index is 1.79. The minimum atomic E-state index is 0.251. The molecule has 3 N–H and O–H groups in total. The second-order valence-corrected chi connectivity index (χ2v) is 5.58. The molecule has 2 aromatic rings. The normalized spacial score (nSPS) is 17.3. The summed E-state index contributed by atoms with van der Waals surface area (Å²) in [4.78, 5) is 8.61. The largest absolute Gasteiger partial charge is 0.367 e. The Morgan fingerprint density at radius 3 is 3.12 bits per heavy atom. The smallest absolute Gasteiger partial charge is 0.147 e. The predicted molar refractivity (Wildman–Crippen MR) is 71.3 cm³/mol. The van der Waals surface area contributed by atoms with Crippen LogP contribution in [0.25, 0.3) is 10.2 Å². The van der Waals surface area contributed by atoms with E-state index in [9.17, 15) is 0 Å². The van der Waals surface area contributed by atoms with E-state index < -0.39 is 0 Å². The first-order chi connectivity index (χ1) is 8.25. The van der Waals surface area contributed by atoms with Crippen LogP contribution in [0.3, 0.4) is 0 Å². The number of nitrogens with two attached hydrogens (primary N) is 1. The van der Waals surface area contributed by atoms with E-state index in [0.717, 1.165) is 22.6 Å². The second-order valence-electron chi connectivity index (χ2n) is 4.70. The van der Waals surface area contributed by atoms with Gasteiger partial charge in [0, 0.05) is 12.6 Å². The van der Waals surface area contributed by atoms with Crippen molar-refractivity contribution in [3.63, 3.8) is 0 Å². The van der Waals surface area contributed by atoms with Gasteiger partial charge in [0.1, 0.15) is 12.1 Å². The van der Waals surface area contributed by atoms with Crippen molar-refractivity contribution in [2.45, 2.75) is 25.8 Å². The maximum absolute atomic E-state index is 6.07. The summed E-state index contributed by atoms with van der Waals surface area (Å²) in [6, 6.07) is 0.251. The Morgan fingerprint density at radius 2 is 2.35 bits per heavy atom. The van der Waals surface area contributed by atoms with Crippen LogP contribution in [0.5, 0.6) is 0 Å². The van der Waals surface area contributed by atoms with Gasteiger partial charge in [0.05, 0.1) is 10.2 Å². The molecule has 1 aliphatic carbocycles. The monoisotopic (exact) mass is 248 g/mol. The van der Waals surface area contributed by atoms with E-state index in [1.807, 2.05) is 0 Å². The third kappa shape index (κ3) is 2.12. The molecule has 4 nitrogen and oxygen atoms in total. The highest BCUT2D eigenvalue weighted by atomic mass is 32.1. The highest BCUT2D eigenvalue weighted by molar-refractivity contribution is 7.18. The molecule has 3 rings (SSSR count). The SMILES string of the molecule is Cc1csc2c(NCC(N)C3CC3)ncnc12. The third-order valence-electron chi connectivity index (χ3n) is 3.26. The first-order valence-corrected chi connectivity index (χ1v) is 6.82. The maximum atomic E-state index is 6.07. The standard InChI is InChI=1S/C12H16N4S/c1-7-5-17-11-10(7)15-6-16-12(11)14-4-9(13)8-2-3-8/h5-6,8-9H,2-4,13H2,1H3,(H,14,15,16). The Labute approximate surface area is 104 Å². The van der Waals surface area contributed by atoms with Crippen molar-refractivity contribution in [2.24, 2.45) is 11.7 Å². The van der Waals surface area contributed by atoms with E-state index in [0.29, 0.717) is 5.92 Å². The average molecular weight is 248 g/mol. The van der Waals surface area contributed by atoms with Crippen LogP contribution in [0.2, 0.25) is 0 Å². The van der Waals surface area contributed by atoms with Gasteiger partial charge in [-0.15, -0.1) is 11.3 Å². The van der Waals surface area contributed by atoms with Crippen molar-refractivity contribution in [3.8, 4) is 0 Å². The number of aryl methyl sites for hydroxylation is 1. The van der Waals surface area contributed by atoms with Crippen molar-refractivity contribution < 1.29 is 0 Å². The first kappa shape index (κ1) is 10.9. The molecule has 2 aromatic heterocycles. The lowest BCUT2D eigenvalue weighted by molar-refractivity contribution is 0.620. The van der Waals surface area contributed by atoms with Gasteiger partial charge in [-0.05, 0) is 36.6 Å². The number of hydrogen-bond donors (Lipinski definition) is 2. The van der Waals surface area contributed by atoms with Crippen LogP contribution in [0, 0.1) is 12.8 Å². The molecule has 0 aromatic carbocycles. The third-order valence-corrected chi connectivity index (χ3v) is 4.36. The molecule has 2 heterocycles. The minimum Gasteiger partial charge on any atom is -0.367 e. The summed E-state index contributed by atoms with van der Waals surface area (Å²) in [6.45, 7) is 2.87. The molecule has 90 valence electrons. The van der Waals surface area contributed by atoms with Gasteiger partial charge < -0.3 is 11.1 Å². The zero-order valence-electron chi connectivity index (χ0n) is 9.81. The Morgan fingerprint density at radius 1 is 1.53 bits per heavy atom. The van der Waals surface area contributed by atoms with Crippen molar-refractivity contribution in [1.82, 2.24) is 9.97 Å². The van der Waals surface area contributed by atoms with E-state index in [2.05, 4.69) is 27.6 Å². The van der Waals surface area contributed by atoms with E-state index in [4.69, 9.17) is 5.73 Å². The highest BCUT2D eigenvalue weighted by Crippen LogP contribution is 2.32. The van der Waals surface area contributed by atoms with Crippen molar-refractivity contribution >= 4 is 27.4 Å². The number of nitrogens with zero attached hydrogens (tertiary/aromatic N) is 2. The number of nitrogens with one attached hydrogen (secondary N) is 1. The van der Waals surface area contributed by atoms with Crippen molar-refractivity contribution in [1.29, 1.82) is 0 Å². The van der Waals surface area contributed by atoms with Gasteiger partial charge in [0.25, 0.3) is 0 Å². The molecule has 0 spiro atoms. The first-order valence-electron chi connectivity index (χ1n) is 5.94. The van der Waals surface area contributed by atoms with Crippen LogP contribution in [0.15, 0.2) is 11.7 Å². The van der Waals surface area contributed by atoms with Crippen LogP contribution in [-0.2, 0) is 0 Å². The number of fused-ring (bicyclic) bond motifs is 1. The molecule has 1 aliphatic rings. The van der Waals surface area contributed by atoms with Crippen molar-refractivity contribution in [3.05, 3.63) is 17.3 Å². The van der Waals surface area contributed by atoms with Gasteiger partial charge in [-0.2, -0.15) is 0 Å². The summed E-state index contributed by atoms with van der Waals surface area (Å²) in [5.74, 6) is 1.63. The fourth-order valence-electron chi connectivity index (χ4n) is 2.00. The van der Waals surface area contributed by atoms with E-state index in [1.54, 1.807) is 17.7 Å². The summed E-state index contributed by atoms with van der Waals surface area (Å²) in [6.07, 6.45) is 4.17. The predicted octanol–water partition coefficient (Wildman–Crippen LogP) is 2.15. The molecule has 0 aliphatic heterocycles. The Bertz CT molecular complexity index is 532. The topological polar surface area (TPSA) is 63.8 Å². The number of rotatable bonds is 4. The zero-order valence-corrected chi connectivity index (χ0v) is 10.6. The minimum absolute atomic E-state index is 0.251. The Kier molecular flexibility index (Phi) is 2.72. The molecule has 1 fully saturated rings. The molecule has 1 unspecified atom stereocenters. The van der Waals surface area contributed by atoms with Gasteiger partial charge in [0.15, 0.2) is 0 Å². The lowest BCUT2D eigenvalue weighted by Gasteiger charge is -2.12. The molecular formula is C12H16N4S. The van der Waals surface area contributed by atoms with Crippen LogP contribution in [0.1, 0.15) is 18.4 Å². The van der Waals surface area contributed by atoms with Gasteiger partial charge in [0.2, 0.25) is 0 Å². The van der Waals surface area contributed by atoms with Crippen LogP contribution >= 0.6 is 11.3 Å². The number of aromatic nitrogens is 2.